The Labute approximate surface area is 185 Å². The van der Waals surface area contributed by atoms with Crippen molar-refractivity contribution in [2.45, 2.75) is 20.4 Å². The molecule has 0 saturated carbocycles. The number of nitrogens with one attached hydrogen (secondary N) is 2. The lowest BCUT2D eigenvalue weighted by Crippen LogP contribution is -2.19. The predicted octanol–water partition coefficient (Wildman–Crippen LogP) is 3.96. The van der Waals surface area contributed by atoms with Gasteiger partial charge in [0.15, 0.2) is 5.69 Å². The minimum atomic E-state index is -0.390. The second-order valence-electron chi connectivity index (χ2n) is 7.67. The summed E-state index contributed by atoms with van der Waals surface area (Å²) in [4.78, 5) is 25.1. The van der Waals surface area contributed by atoms with E-state index in [9.17, 15) is 9.59 Å². The normalized spacial score (nSPS) is 10.8. The fraction of sp³-hybridized carbons (Fsp3) is 0.167. The molecule has 8 nitrogen and oxygen atoms in total. The van der Waals surface area contributed by atoms with Gasteiger partial charge in [-0.25, -0.2) is 4.68 Å². The molecule has 8 heteroatoms. The Morgan fingerprint density at radius 2 is 1.66 bits per heavy atom. The van der Waals surface area contributed by atoms with Crippen molar-refractivity contribution in [3.8, 4) is 5.69 Å². The summed E-state index contributed by atoms with van der Waals surface area (Å²) in [6.45, 7) is 4.21. The summed E-state index contributed by atoms with van der Waals surface area (Å²) in [7, 11) is 0. The molecule has 0 radical (unpaired) electrons. The molecule has 0 fully saturated rings. The molecule has 2 aromatic carbocycles. The van der Waals surface area contributed by atoms with Gasteiger partial charge in [-0.3, -0.25) is 14.3 Å². The molecule has 0 unspecified atom stereocenters. The Morgan fingerprint density at radius 3 is 2.34 bits per heavy atom. The van der Waals surface area contributed by atoms with Crippen molar-refractivity contribution < 1.29 is 9.59 Å². The van der Waals surface area contributed by atoms with Gasteiger partial charge in [-0.05, 0) is 17.7 Å². The first-order chi connectivity index (χ1) is 15.5. The number of hydrogen-bond acceptors (Lipinski definition) is 4. The average molecular weight is 428 g/mol. The first-order valence-electron chi connectivity index (χ1n) is 10.3. The number of rotatable bonds is 7. The van der Waals surface area contributed by atoms with Gasteiger partial charge in [0, 0.05) is 18.2 Å². The van der Waals surface area contributed by atoms with E-state index in [0.717, 1.165) is 11.3 Å². The molecule has 0 aliphatic carbocycles. The molecule has 0 spiro atoms. The van der Waals surface area contributed by atoms with Gasteiger partial charge < -0.3 is 10.6 Å². The Hall–Kier alpha value is -4.20. The molecule has 2 N–H and O–H groups in total. The van der Waals surface area contributed by atoms with Crippen molar-refractivity contribution in [1.82, 2.24) is 19.6 Å². The lowest BCUT2D eigenvalue weighted by atomic mass is 10.2. The highest BCUT2D eigenvalue weighted by Crippen LogP contribution is 2.19. The summed E-state index contributed by atoms with van der Waals surface area (Å²) in [6, 6.07) is 20.8. The fourth-order valence-corrected chi connectivity index (χ4v) is 3.10. The van der Waals surface area contributed by atoms with Crippen LogP contribution in [-0.4, -0.2) is 31.4 Å². The Bertz CT molecular complexity index is 1210. The summed E-state index contributed by atoms with van der Waals surface area (Å²) < 4.78 is 3.30. The zero-order chi connectivity index (χ0) is 22.5. The number of benzene rings is 2. The summed E-state index contributed by atoms with van der Waals surface area (Å²) >= 11 is 0. The topological polar surface area (TPSA) is 93.8 Å². The molecule has 2 aromatic heterocycles. The maximum absolute atomic E-state index is 12.9. The van der Waals surface area contributed by atoms with E-state index in [-0.39, 0.29) is 23.4 Å². The quantitative estimate of drug-likeness (QED) is 0.466. The zero-order valence-electron chi connectivity index (χ0n) is 17.9. The van der Waals surface area contributed by atoms with Gasteiger partial charge in [0.25, 0.3) is 5.91 Å². The minimum absolute atomic E-state index is 0.156. The fourth-order valence-electron chi connectivity index (χ4n) is 3.10. The highest BCUT2D eigenvalue weighted by molar-refractivity contribution is 6.04. The van der Waals surface area contributed by atoms with Crippen LogP contribution in [0.15, 0.2) is 79.1 Å². The smallest absolute Gasteiger partial charge is 0.276 e. The summed E-state index contributed by atoms with van der Waals surface area (Å²) in [5.41, 5.74) is 2.60. The predicted molar refractivity (Wildman–Crippen MR) is 123 cm³/mol. The Kier molecular flexibility index (Phi) is 6.12. The van der Waals surface area contributed by atoms with Crippen molar-refractivity contribution in [1.29, 1.82) is 0 Å². The van der Waals surface area contributed by atoms with E-state index in [1.807, 2.05) is 60.7 Å². The number of para-hydroxylation sites is 1. The van der Waals surface area contributed by atoms with Crippen molar-refractivity contribution in [3.63, 3.8) is 0 Å². The molecule has 2 heterocycles. The average Bonchev–Trinajstić information content (AvgIpc) is 3.42. The van der Waals surface area contributed by atoms with Crippen molar-refractivity contribution >= 4 is 23.3 Å². The van der Waals surface area contributed by atoms with Gasteiger partial charge in [0.1, 0.15) is 5.82 Å². The largest absolute Gasteiger partial charge is 0.318 e. The third kappa shape index (κ3) is 4.92. The number of nitrogens with zero attached hydrogens (tertiary/aromatic N) is 4. The van der Waals surface area contributed by atoms with Gasteiger partial charge in [-0.15, -0.1) is 0 Å². The molecule has 4 aromatic rings. The van der Waals surface area contributed by atoms with E-state index >= 15 is 0 Å². The van der Waals surface area contributed by atoms with Crippen LogP contribution in [0, 0.1) is 5.92 Å². The summed E-state index contributed by atoms with van der Waals surface area (Å²) in [5, 5.41) is 14.4. The number of carbonyl (C=O) groups is 2. The molecule has 162 valence electrons. The van der Waals surface area contributed by atoms with Gasteiger partial charge in [-0.2, -0.15) is 10.2 Å². The van der Waals surface area contributed by atoms with Crippen molar-refractivity contribution in [3.05, 3.63) is 90.4 Å². The van der Waals surface area contributed by atoms with Crippen LogP contribution in [-0.2, 0) is 11.3 Å². The van der Waals surface area contributed by atoms with E-state index in [4.69, 9.17) is 0 Å². The van der Waals surface area contributed by atoms with Crippen LogP contribution < -0.4 is 10.6 Å². The number of hydrogen-bond donors (Lipinski definition) is 2. The monoisotopic (exact) mass is 428 g/mol. The molecule has 0 aliphatic heterocycles. The van der Waals surface area contributed by atoms with E-state index in [1.165, 1.54) is 0 Å². The number of amides is 2. The molecule has 0 bridgehead atoms. The summed E-state index contributed by atoms with van der Waals surface area (Å²) in [5.74, 6) is -0.322. The molecular formula is C24H24N6O2. The standard InChI is InChI=1S/C24H24N6O2/c1-17(2)23(31)27-22-13-21(28-30(22)20-11-7-4-8-12-20)24(32)26-19-14-25-29(16-19)15-18-9-5-3-6-10-18/h3-14,16-17H,15H2,1-2H3,(H,26,32)(H,27,31). The van der Waals surface area contributed by atoms with Crippen LogP contribution in [0.2, 0.25) is 0 Å². The SMILES string of the molecule is CC(C)C(=O)Nc1cc(C(=O)Nc2cnn(Cc3ccccc3)c2)nn1-c1ccccc1. The van der Waals surface area contributed by atoms with E-state index in [1.54, 1.807) is 41.7 Å². The lowest BCUT2D eigenvalue weighted by molar-refractivity contribution is -0.118. The third-order valence-electron chi connectivity index (χ3n) is 4.80. The van der Waals surface area contributed by atoms with Crippen LogP contribution >= 0.6 is 0 Å². The molecule has 0 aliphatic rings. The third-order valence-corrected chi connectivity index (χ3v) is 4.80. The molecular weight excluding hydrogens is 404 g/mol. The highest BCUT2D eigenvalue weighted by Gasteiger charge is 2.19. The van der Waals surface area contributed by atoms with Crippen LogP contribution in [0.3, 0.4) is 0 Å². The molecule has 0 saturated heterocycles. The Morgan fingerprint density at radius 1 is 0.969 bits per heavy atom. The highest BCUT2D eigenvalue weighted by atomic mass is 16.2. The van der Waals surface area contributed by atoms with Crippen molar-refractivity contribution in [2.24, 2.45) is 5.92 Å². The van der Waals surface area contributed by atoms with Crippen LogP contribution in [0.5, 0.6) is 0 Å². The molecule has 0 atom stereocenters. The zero-order valence-corrected chi connectivity index (χ0v) is 17.9. The van der Waals surface area contributed by atoms with E-state index < -0.39 is 0 Å². The molecule has 2 amide bonds. The first kappa shape index (κ1) is 21.0. The second kappa shape index (κ2) is 9.30. The molecule has 4 rings (SSSR count). The van der Waals surface area contributed by atoms with E-state index in [0.29, 0.717) is 18.1 Å². The maximum atomic E-state index is 12.9. The van der Waals surface area contributed by atoms with Crippen LogP contribution in [0.25, 0.3) is 5.69 Å². The van der Waals surface area contributed by atoms with Gasteiger partial charge >= 0.3 is 0 Å². The van der Waals surface area contributed by atoms with E-state index in [2.05, 4.69) is 20.8 Å². The number of carbonyl (C=O) groups excluding carboxylic acids is 2. The Balaban J connectivity index is 1.53. The van der Waals surface area contributed by atoms with Gasteiger partial charge in [0.2, 0.25) is 5.91 Å². The molecule has 32 heavy (non-hydrogen) atoms. The number of aromatic nitrogens is 4. The summed E-state index contributed by atoms with van der Waals surface area (Å²) in [6.07, 6.45) is 3.36. The minimum Gasteiger partial charge on any atom is -0.318 e. The number of anilines is 2. The van der Waals surface area contributed by atoms with Gasteiger partial charge in [0.05, 0.1) is 24.1 Å². The van der Waals surface area contributed by atoms with Crippen LogP contribution in [0.4, 0.5) is 11.5 Å². The maximum Gasteiger partial charge on any atom is 0.276 e. The van der Waals surface area contributed by atoms with Crippen LogP contribution in [0.1, 0.15) is 29.9 Å². The second-order valence-corrected chi connectivity index (χ2v) is 7.67. The lowest BCUT2D eigenvalue weighted by Gasteiger charge is -2.10. The van der Waals surface area contributed by atoms with Crippen molar-refractivity contribution in [2.75, 3.05) is 10.6 Å². The first-order valence-corrected chi connectivity index (χ1v) is 10.3. The van der Waals surface area contributed by atoms with Gasteiger partial charge in [-0.1, -0.05) is 62.4 Å².